The van der Waals surface area contributed by atoms with Crippen LogP contribution >= 0.6 is 15.9 Å². The van der Waals surface area contributed by atoms with Gasteiger partial charge in [0.1, 0.15) is 12.4 Å². The Bertz CT molecular complexity index is 821. The van der Waals surface area contributed by atoms with E-state index in [2.05, 4.69) is 20.7 Å². The van der Waals surface area contributed by atoms with Gasteiger partial charge >= 0.3 is 0 Å². The number of ether oxygens (including phenoxy) is 2. The molecule has 0 aromatic heterocycles. The average molecular weight is 414 g/mol. The minimum atomic E-state index is -3.66. The van der Waals surface area contributed by atoms with Crippen LogP contribution in [0.5, 0.6) is 5.75 Å². The van der Waals surface area contributed by atoms with Gasteiger partial charge < -0.3 is 9.47 Å². The number of hydrogen-bond donors (Lipinski definition) is 1. The van der Waals surface area contributed by atoms with Crippen LogP contribution in [0.1, 0.15) is 11.1 Å². The Balaban J connectivity index is 2.19. The topological polar surface area (TPSA) is 64.6 Å². The molecule has 0 unspecified atom stereocenters. The number of hydrogen-bond acceptors (Lipinski definition) is 4. The molecule has 0 fully saturated rings. The molecule has 0 bridgehead atoms. The van der Waals surface area contributed by atoms with Crippen LogP contribution in [0.25, 0.3) is 0 Å². The fourth-order valence-electron chi connectivity index (χ4n) is 2.06. The van der Waals surface area contributed by atoms with Gasteiger partial charge in [-0.05, 0) is 55.3 Å². The average Bonchev–Trinajstić information content (AvgIpc) is 2.52. The van der Waals surface area contributed by atoms with E-state index in [0.717, 1.165) is 15.6 Å². The molecule has 7 heteroatoms. The number of aryl methyl sites for hydroxylation is 2. The molecule has 2 rings (SSSR count). The minimum Gasteiger partial charge on any atom is -0.491 e. The lowest BCUT2D eigenvalue weighted by Crippen LogP contribution is -2.13. The van der Waals surface area contributed by atoms with Gasteiger partial charge in [0.15, 0.2) is 0 Å². The normalized spacial score (nSPS) is 11.3. The second-order valence-electron chi connectivity index (χ2n) is 5.34. The zero-order chi connectivity index (χ0) is 17.7. The highest BCUT2D eigenvalue weighted by Gasteiger charge is 2.16. The summed E-state index contributed by atoms with van der Waals surface area (Å²) in [7, 11) is -2.06. The van der Waals surface area contributed by atoms with Crippen molar-refractivity contribution in [3.05, 3.63) is 52.0 Å². The fraction of sp³-hybridized carbons (Fsp3) is 0.294. The zero-order valence-electron chi connectivity index (χ0n) is 13.8. The molecule has 0 saturated heterocycles. The van der Waals surface area contributed by atoms with Crippen molar-refractivity contribution < 1.29 is 17.9 Å². The molecule has 0 aliphatic carbocycles. The number of methoxy groups -OCH3 is 1. The van der Waals surface area contributed by atoms with E-state index >= 15 is 0 Å². The number of benzene rings is 2. The quantitative estimate of drug-likeness (QED) is 0.699. The first kappa shape index (κ1) is 18.8. The molecule has 2 aromatic carbocycles. The molecule has 1 N–H and O–H groups in total. The second kappa shape index (κ2) is 8.00. The van der Waals surface area contributed by atoms with Gasteiger partial charge in [-0.1, -0.05) is 22.0 Å². The van der Waals surface area contributed by atoms with Crippen LogP contribution in [-0.2, 0) is 14.8 Å². The smallest absolute Gasteiger partial charge is 0.261 e. The molecule has 0 saturated carbocycles. The molecular formula is C17H20BrNO4S. The second-order valence-corrected chi connectivity index (χ2v) is 7.87. The van der Waals surface area contributed by atoms with E-state index in [1.807, 2.05) is 19.9 Å². The number of anilines is 1. The third-order valence-corrected chi connectivity index (χ3v) is 5.66. The van der Waals surface area contributed by atoms with E-state index in [4.69, 9.17) is 9.47 Å². The van der Waals surface area contributed by atoms with E-state index in [1.54, 1.807) is 31.4 Å². The zero-order valence-corrected chi connectivity index (χ0v) is 16.2. The van der Waals surface area contributed by atoms with Crippen LogP contribution < -0.4 is 9.46 Å². The largest absolute Gasteiger partial charge is 0.491 e. The van der Waals surface area contributed by atoms with Crippen molar-refractivity contribution in [1.29, 1.82) is 0 Å². The van der Waals surface area contributed by atoms with Gasteiger partial charge in [0.05, 0.1) is 11.5 Å². The SMILES string of the molecule is COCCOc1ccc(S(=O)(=O)Nc2ccc(C)c(Br)c2)cc1C. The van der Waals surface area contributed by atoms with Crippen LogP contribution in [0.4, 0.5) is 5.69 Å². The highest BCUT2D eigenvalue weighted by molar-refractivity contribution is 9.10. The Labute approximate surface area is 151 Å². The van der Waals surface area contributed by atoms with Crippen molar-refractivity contribution in [3.63, 3.8) is 0 Å². The minimum absolute atomic E-state index is 0.191. The number of halogens is 1. The van der Waals surface area contributed by atoms with E-state index in [1.165, 1.54) is 6.07 Å². The van der Waals surface area contributed by atoms with Crippen LogP contribution in [-0.4, -0.2) is 28.7 Å². The summed E-state index contributed by atoms with van der Waals surface area (Å²) in [6.45, 7) is 4.64. The van der Waals surface area contributed by atoms with Crippen molar-refractivity contribution in [2.75, 3.05) is 25.0 Å². The predicted molar refractivity (Wildman–Crippen MR) is 98.2 cm³/mol. The highest BCUT2D eigenvalue weighted by atomic mass is 79.9. The summed E-state index contributed by atoms with van der Waals surface area (Å²) in [4.78, 5) is 0.191. The number of rotatable bonds is 7. The summed E-state index contributed by atoms with van der Waals surface area (Å²) >= 11 is 3.40. The summed E-state index contributed by atoms with van der Waals surface area (Å²) in [6.07, 6.45) is 0. The van der Waals surface area contributed by atoms with Gasteiger partial charge in [0.25, 0.3) is 10.0 Å². The van der Waals surface area contributed by atoms with Crippen molar-refractivity contribution >= 4 is 31.6 Å². The molecule has 0 atom stereocenters. The first-order valence-electron chi connectivity index (χ1n) is 7.35. The van der Waals surface area contributed by atoms with Crippen molar-refractivity contribution in [3.8, 4) is 5.75 Å². The van der Waals surface area contributed by atoms with Crippen LogP contribution in [0, 0.1) is 13.8 Å². The number of sulfonamides is 1. The summed E-state index contributed by atoms with van der Waals surface area (Å²) in [6, 6.07) is 10.1. The third kappa shape index (κ3) is 4.72. The maximum atomic E-state index is 12.5. The van der Waals surface area contributed by atoms with Gasteiger partial charge in [0, 0.05) is 17.3 Å². The van der Waals surface area contributed by atoms with Gasteiger partial charge in [0.2, 0.25) is 0 Å². The fourth-order valence-corrected chi connectivity index (χ4v) is 3.57. The van der Waals surface area contributed by atoms with Crippen LogP contribution in [0.2, 0.25) is 0 Å². The third-order valence-electron chi connectivity index (χ3n) is 3.43. The van der Waals surface area contributed by atoms with Crippen molar-refractivity contribution in [1.82, 2.24) is 0 Å². The molecule has 0 spiro atoms. The maximum Gasteiger partial charge on any atom is 0.261 e. The standard InChI is InChI=1S/C17H20BrNO4S/c1-12-4-5-14(11-16(12)18)19-24(20,21)15-6-7-17(13(2)10-15)23-9-8-22-3/h4-7,10-11,19H,8-9H2,1-3H3. The van der Waals surface area contributed by atoms with E-state index in [0.29, 0.717) is 24.7 Å². The Hall–Kier alpha value is -1.57. The first-order valence-corrected chi connectivity index (χ1v) is 9.62. The van der Waals surface area contributed by atoms with Gasteiger partial charge in [-0.3, -0.25) is 4.72 Å². The Kier molecular flexibility index (Phi) is 6.26. The molecule has 24 heavy (non-hydrogen) atoms. The molecular weight excluding hydrogens is 394 g/mol. The van der Waals surface area contributed by atoms with Gasteiger partial charge in [-0.15, -0.1) is 0 Å². The summed E-state index contributed by atoms with van der Waals surface area (Å²) in [5.74, 6) is 0.643. The maximum absolute atomic E-state index is 12.5. The lowest BCUT2D eigenvalue weighted by atomic mass is 10.2. The van der Waals surface area contributed by atoms with Gasteiger partial charge in [-0.2, -0.15) is 0 Å². The van der Waals surface area contributed by atoms with Crippen LogP contribution in [0.3, 0.4) is 0 Å². The van der Waals surface area contributed by atoms with Crippen molar-refractivity contribution in [2.45, 2.75) is 18.7 Å². The summed E-state index contributed by atoms with van der Waals surface area (Å²) < 4.78 is 39.0. The molecule has 0 heterocycles. The van der Waals surface area contributed by atoms with Crippen LogP contribution in [0.15, 0.2) is 45.8 Å². The molecule has 5 nitrogen and oxygen atoms in total. The van der Waals surface area contributed by atoms with Gasteiger partial charge in [-0.25, -0.2) is 8.42 Å². The van der Waals surface area contributed by atoms with E-state index in [-0.39, 0.29) is 4.90 Å². The first-order chi connectivity index (χ1) is 11.3. The van der Waals surface area contributed by atoms with E-state index < -0.39 is 10.0 Å². The number of nitrogens with one attached hydrogen (secondary N) is 1. The molecule has 2 aromatic rings. The lowest BCUT2D eigenvalue weighted by Gasteiger charge is -2.12. The summed E-state index contributed by atoms with van der Waals surface area (Å²) in [5.41, 5.74) is 2.29. The predicted octanol–water partition coefficient (Wildman–Crippen LogP) is 3.89. The molecule has 0 aliphatic rings. The lowest BCUT2D eigenvalue weighted by molar-refractivity contribution is 0.146. The van der Waals surface area contributed by atoms with Crippen molar-refractivity contribution in [2.24, 2.45) is 0 Å². The summed E-state index contributed by atoms with van der Waals surface area (Å²) in [5, 5.41) is 0. The molecule has 0 radical (unpaired) electrons. The Morgan fingerprint density at radius 2 is 1.79 bits per heavy atom. The Morgan fingerprint density at radius 1 is 1.04 bits per heavy atom. The molecule has 130 valence electrons. The van der Waals surface area contributed by atoms with E-state index in [9.17, 15) is 8.42 Å². The Morgan fingerprint density at radius 3 is 2.42 bits per heavy atom. The molecule has 0 amide bonds. The highest BCUT2D eigenvalue weighted by Crippen LogP contribution is 2.25. The molecule has 0 aliphatic heterocycles. The monoisotopic (exact) mass is 413 g/mol.